The van der Waals surface area contributed by atoms with Crippen LogP contribution < -0.4 is 0 Å². The molecule has 0 N–H and O–H groups in total. The Hall–Kier alpha value is -2.06. The number of hydrogen-bond acceptors (Lipinski definition) is 4. The number of rotatable bonds is 4. The van der Waals surface area contributed by atoms with Gasteiger partial charge < -0.3 is 8.98 Å². The minimum atomic E-state index is 0.395. The number of hydrogen-bond donors (Lipinski definition) is 0. The van der Waals surface area contributed by atoms with Gasteiger partial charge in [0.2, 0.25) is 5.76 Å². The van der Waals surface area contributed by atoms with Crippen molar-refractivity contribution in [3.63, 3.8) is 0 Å². The van der Waals surface area contributed by atoms with E-state index in [0.29, 0.717) is 11.7 Å². The second-order valence-corrected chi connectivity index (χ2v) is 5.78. The summed E-state index contributed by atoms with van der Waals surface area (Å²) in [6.45, 7) is 2.95. The average Bonchev–Trinajstić information content (AvgIpc) is 3.09. The van der Waals surface area contributed by atoms with Crippen LogP contribution in [0.15, 0.2) is 28.9 Å². The summed E-state index contributed by atoms with van der Waals surface area (Å²) < 4.78 is 7.58. The Morgan fingerprint density at radius 2 is 2.38 bits per heavy atom. The van der Waals surface area contributed by atoms with Crippen molar-refractivity contribution in [3.8, 4) is 6.07 Å². The van der Waals surface area contributed by atoms with Gasteiger partial charge in [-0.1, -0.05) is 0 Å². The van der Waals surface area contributed by atoms with Crippen molar-refractivity contribution < 1.29 is 4.42 Å². The first-order chi connectivity index (χ1) is 10.2. The Balaban J connectivity index is 1.58. The molecule has 0 amide bonds. The quantitative estimate of drug-likeness (QED) is 0.864. The molecule has 0 aromatic carbocycles. The molecule has 1 aliphatic rings. The highest BCUT2D eigenvalue weighted by atomic mass is 16.3. The molecule has 1 fully saturated rings. The van der Waals surface area contributed by atoms with Crippen LogP contribution in [0.3, 0.4) is 0 Å². The second-order valence-electron chi connectivity index (χ2n) is 5.78. The lowest BCUT2D eigenvalue weighted by atomic mass is 9.94. The van der Waals surface area contributed by atoms with E-state index in [1.807, 2.05) is 24.5 Å². The highest BCUT2D eigenvalue weighted by molar-refractivity contribution is 5.19. The highest BCUT2D eigenvalue weighted by Gasteiger charge is 2.22. The molecule has 3 heterocycles. The lowest BCUT2D eigenvalue weighted by Gasteiger charge is -2.32. The standard InChI is InChI=1S/C16H20N4O/c1-19-8-6-18-16(19)9-13-3-2-7-20(11-13)12-15-5-4-14(10-17)21-15/h4-6,8,13H,2-3,7,9,11-12H2,1H3/t13-/m0/s1. The second kappa shape index (κ2) is 6.15. The molecule has 5 heteroatoms. The van der Waals surface area contributed by atoms with Crippen LogP contribution in [-0.2, 0) is 20.0 Å². The Morgan fingerprint density at radius 1 is 1.48 bits per heavy atom. The van der Waals surface area contributed by atoms with E-state index < -0.39 is 0 Å². The van der Waals surface area contributed by atoms with E-state index in [4.69, 9.17) is 9.68 Å². The maximum absolute atomic E-state index is 8.80. The fourth-order valence-electron chi connectivity index (χ4n) is 3.06. The molecule has 0 aliphatic carbocycles. The van der Waals surface area contributed by atoms with E-state index >= 15 is 0 Å². The van der Waals surface area contributed by atoms with Crippen molar-refractivity contribution in [3.05, 3.63) is 41.9 Å². The molecule has 21 heavy (non-hydrogen) atoms. The Morgan fingerprint density at radius 3 is 3.10 bits per heavy atom. The van der Waals surface area contributed by atoms with Crippen LogP contribution in [0.4, 0.5) is 0 Å². The Bertz CT molecular complexity index is 637. The van der Waals surface area contributed by atoms with E-state index in [1.54, 1.807) is 6.07 Å². The summed E-state index contributed by atoms with van der Waals surface area (Å²) in [5.74, 6) is 3.08. The SMILES string of the molecule is Cn1ccnc1C[C@@H]1CCCN(Cc2ccc(C#N)o2)C1. The van der Waals surface area contributed by atoms with Gasteiger partial charge >= 0.3 is 0 Å². The van der Waals surface area contributed by atoms with Gasteiger partial charge in [-0.3, -0.25) is 4.90 Å². The monoisotopic (exact) mass is 284 g/mol. The molecule has 110 valence electrons. The summed E-state index contributed by atoms with van der Waals surface area (Å²) in [5, 5.41) is 8.80. The fraction of sp³-hybridized carbons (Fsp3) is 0.500. The zero-order chi connectivity index (χ0) is 14.7. The maximum Gasteiger partial charge on any atom is 0.203 e. The zero-order valence-corrected chi connectivity index (χ0v) is 12.3. The molecule has 0 bridgehead atoms. The van der Waals surface area contributed by atoms with Gasteiger partial charge in [0.15, 0.2) is 0 Å². The van der Waals surface area contributed by atoms with Crippen LogP contribution in [0.5, 0.6) is 0 Å². The lowest BCUT2D eigenvalue weighted by Crippen LogP contribution is -2.36. The number of nitriles is 1. The van der Waals surface area contributed by atoms with Crippen molar-refractivity contribution >= 4 is 0 Å². The predicted molar refractivity (Wildman–Crippen MR) is 78.3 cm³/mol. The molecule has 5 nitrogen and oxygen atoms in total. The Labute approximate surface area is 124 Å². The molecule has 0 saturated carbocycles. The van der Waals surface area contributed by atoms with Gasteiger partial charge in [-0.2, -0.15) is 5.26 Å². The van der Waals surface area contributed by atoms with Crippen LogP contribution >= 0.6 is 0 Å². The van der Waals surface area contributed by atoms with E-state index in [-0.39, 0.29) is 0 Å². The highest BCUT2D eigenvalue weighted by Crippen LogP contribution is 2.22. The van der Waals surface area contributed by atoms with Gasteiger partial charge in [0.25, 0.3) is 0 Å². The van der Waals surface area contributed by atoms with Crippen molar-refractivity contribution in [2.45, 2.75) is 25.8 Å². The zero-order valence-electron chi connectivity index (χ0n) is 12.3. The van der Waals surface area contributed by atoms with Crippen molar-refractivity contribution in [2.24, 2.45) is 13.0 Å². The van der Waals surface area contributed by atoms with Gasteiger partial charge in [0.05, 0.1) is 6.54 Å². The molecular weight excluding hydrogens is 264 g/mol. The largest absolute Gasteiger partial charge is 0.449 e. The van der Waals surface area contributed by atoms with E-state index in [1.165, 1.54) is 12.8 Å². The normalized spacial score (nSPS) is 19.5. The number of aromatic nitrogens is 2. The maximum atomic E-state index is 8.80. The number of nitrogens with zero attached hydrogens (tertiary/aromatic N) is 4. The Kier molecular flexibility index (Phi) is 4.07. The van der Waals surface area contributed by atoms with E-state index in [2.05, 4.69) is 21.5 Å². The lowest BCUT2D eigenvalue weighted by molar-refractivity contribution is 0.155. The molecular formula is C16H20N4O. The van der Waals surface area contributed by atoms with Crippen LogP contribution in [0.25, 0.3) is 0 Å². The molecule has 0 radical (unpaired) electrons. The summed E-state index contributed by atoms with van der Waals surface area (Å²) in [5.41, 5.74) is 0. The third-order valence-electron chi connectivity index (χ3n) is 4.15. The minimum Gasteiger partial charge on any atom is -0.449 e. The van der Waals surface area contributed by atoms with Crippen LogP contribution in [-0.4, -0.2) is 27.5 Å². The van der Waals surface area contributed by atoms with Crippen molar-refractivity contribution in [1.29, 1.82) is 5.26 Å². The molecule has 2 aromatic rings. The summed E-state index contributed by atoms with van der Waals surface area (Å²) in [4.78, 5) is 6.84. The number of furan rings is 1. The van der Waals surface area contributed by atoms with Gasteiger partial charge in [0, 0.05) is 32.4 Å². The first kappa shape index (κ1) is 13.9. The number of likely N-dealkylation sites (tertiary alicyclic amines) is 1. The fourth-order valence-corrected chi connectivity index (χ4v) is 3.06. The number of piperidine rings is 1. The summed E-state index contributed by atoms with van der Waals surface area (Å²) >= 11 is 0. The van der Waals surface area contributed by atoms with Crippen LogP contribution in [0, 0.1) is 17.2 Å². The minimum absolute atomic E-state index is 0.395. The first-order valence-corrected chi connectivity index (χ1v) is 7.42. The molecule has 1 saturated heterocycles. The summed E-state index contributed by atoms with van der Waals surface area (Å²) in [7, 11) is 2.05. The third kappa shape index (κ3) is 3.34. The number of imidazole rings is 1. The van der Waals surface area contributed by atoms with E-state index in [9.17, 15) is 0 Å². The summed E-state index contributed by atoms with van der Waals surface area (Å²) in [6, 6.07) is 5.68. The third-order valence-corrected chi connectivity index (χ3v) is 4.15. The first-order valence-electron chi connectivity index (χ1n) is 7.42. The van der Waals surface area contributed by atoms with Gasteiger partial charge in [0.1, 0.15) is 17.7 Å². The van der Waals surface area contributed by atoms with Gasteiger partial charge in [-0.25, -0.2) is 4.98 Å². The average molecular weight is 284 g/mol. The summed E-state index contributed by atoms with van der Waals surface area (Å²) in [6.07, 6.45) is 7.36. The molecule has 1 aliphatic heterocycles. The van der Waals surface area contributed by atoms with Crippen LogP contribution in [0.1, 0.15) is 30.2 Å². The predicted octanol–water partition coefficient (Wildman–Crippen LogP) is 2.34. The molecule has 1 atom stereocenters. The van der Waals surface area contributed by atoms with Gasteiger partial charge in [-0.05, 0) is 37.4 Å². The van der Waals surface area contributed by atoms with Crippen molar-refractivity contribution in [1.82, 2.24) is 14.5 Å². The topological polar surface area (TPSA) is 58.0 Å². The van der Waals surface area contributed by atoms with Crippen molar-refractivity contribution in [2.75, 3.05) is 13.1 Å². The molecule has 0 spiro atoms. The van der Waals surface area contributed by atoms with E-state index in [0.717, 1.165) is 37.6 Å². The smallest absolute Gasteiger partial charge is 0.203 e. The molecule has 3 rings (SSSR count). The van der Waals surface area contributed by atoms with Gasteiger partial charge in [-0.15, -0.1) is 0 Å². The number of aryl methyl sites for hydroxylation is 1. The molecule has 0 unspecified atom stereocenters. The van der Waals surface area contributed by atoms with Crippen LogP contribution in [0.2, 0.25) is 0 Å². The molecule has 2 aromatic heterocycles.